The maximum Gasteiger partial charge on any atom is 0.414 e. The highest BCUT2D eigenvalue weighted by molar-refractivity contribution is 6.06. The first-order valence-corrected chi connectivity index (χ1v) is 13.2. The van der Waals surface area contributed by atoms with Gasteiger partial charge in [0, 0.05) is 17.5 Å². The number of para-hydroxylation sites is 2. The molecule has 6 rings (SSSR count). The smallest absolute Gasteiger partial charge is 0.414 e. The van der Waals surface area contributed by atoms with E-state index in [-0.39, 0.29) is 12.5 Å². The maximum absolute atomic E-state index is 12.9. The summed E-state index contributed by atoms with van der Waals surface area (Å²) in [4.78, 5) is 27.2. The molecule has 2 amide bonds. The molecule has 1 aliphatic heterocycles. The van der Waals surface area contributed by atoms with Crippen LogP contribution in [-0.2, 0) is 11.3 Å². The molecule has 8 nitrogen and oxygen atoms in total. The van der Waals surface area contributed by atoms with E-state index >= 15 is 0 Å². The highest BCUT2D eigenvalue weighted by Crippen LogP contribution is 2.41. The Kier molecular flexibility index (Phi) is 6.64. The Morgan fingerprint density at radius 2 is 1.87 bits per heavy atom. The van der Waals surface area contributed by atoms with Gasteiger partial charge in [0.1, 0.15) is 19.0 Å². The first-order chi connectivity index (χ1) is 18.5. The fourth-order valence-corrected chi connectivity index (χ4v) is 4.87. The number of nitrogens with one attached hydrogen (secondary N) is 2. The summed E-state index contributed by atoms with van der Waals surface area (Å²) in [5.41, 5.74) is 10.2. The summed E-state index contributed by atoms with van der Waals surface area (Å²) in [5, 5.41) is 6.48. The fourth-order valence-electron chi connectivity index (χ4n) is 4.87. The third-order valence-corrected chi connectivity index (χ3v) is 7.44. The maximum atomic E-state index is 12.9. The second-order valence-electron chi connectivity index (χ2n) is 10.3. The molecular weight excluding hydrogens is 480 g/mol. The van der Waals surface area contributed by atoms with E-state index in [0.717, 1.165) is 18.0 Å². The molecule has 38 heavy (non-hydrogen) atoms. The topological polar surface area (TPSA) is 106 Å². The number of fused-ring (bicyclic) bond motifs is 1. The summed E-state index contributed by atoms with van der Waals surface area (Å²) in [6.45, 7) is 2.02. The molecule has 2 atom stereocenters. The number of nitrogens with zero attached hydrogens (tertiary/aromatic N) is 1. The van der Waals surface area contributed by atoms with Crippen LogP contribution in [0.1, 0.15) is 46.7 Å². The first kappa shape index (κ1) is 24.3. The van der Waals surface area contributed by atoms with Crippen molar-refractivity contribution in [2.75, 3.05) is 35.6 Å². The monoisotopic (exact) mass is 512 g/mol. The molecule has 3 aromatic rings. The summed E-state index contributed by atoms with van der Waals surface area (Å²) in [6, 6.07) is 21.0. The van der Waals surface area contributed by atoms with Gasteiger partial charge in [0.15, 0.2) is 0 Å². The second-order valence-corrected chi connectivity index (χ2v) is 10.3. The number of ether oxygens (including phenoxy) is 2. The Hall–Kier alpha value is -4.04. The van der Waals surface area contributed by atoms with Gasteiger partial charge in [-0.15, -0.1) is 0 Å². The van der Waals surface area contributed by atoms with Crippen molar-refractivity contribution in [3.8, 4) is 5.75 Å². The molecule has 3 aromatic carbocycles. The molecule has 2 fully saturated rings. The number of carbonyl (C=O) groups is 2. The number of nitrogens with two attached hydrogens (primary N) is 1. The quantitative estimate of drug-likeness (QED) is 0.370. The van der Waals surface area contributed by atoms with Gasteiger partial charge in [-0.3, -0.25) is 9.69 Å². The van der Waals surface area contributed by atoms with Crippen LogP contribution in [0.4, 0.5) is 21.9 Å². The molecule has 2 aliphatic carbocycles. The van der Waals surface area contributed by atoms with E-state index in [9.17, 15) is 9.59 Å². The highest BCUT2D eigenvalue weighted by Gasteiger charge is 2.38. The molecule has 3 aliphatic rings. The van der Waals surface area contributed by atoms with Crippen LogP contribution in [0.3, 0.4) is 0 Å². The normalized spacial score (nSPS) is 19.7. The van der Waals surface area contributed by atoms with E-state index < -0.39 is 6.09 Å². The predicted molar refractivity (Wildman–Crippen MR) is 147 cm³/mol. The summed E-state index contributed by atoms with van der Waals surface area (Å²) in [7, 11) is 0. The molecule has 0 saturated heterocycles. The Bertz CT molecular complexity index is 1340. The zero-order valence-electron chi connectivity index (χ0n) is 21.2. The van der Waals surface area contributed by atoms with Gasteiger partial charge >= 0.3 is 6.09 Å². The van der Waals surface area contributed by atoms with Gasteiger partial charge in [-0.1, -0.05) is 36.4 Å². The van der Waals surface area contributed by atoms with E-state index in [0.29, 0.717) is 53.5 Å². The molecule has 4 N–H and O–H groups in total. The molecule has 2 saturated carbocycles. The lowest BCUT2D eigenvalue weighted by molar-refractivity contribution is 0.102. The molecule has 0 aromatic heterocycles. The van der Waals surface area contributed by atoms with Crippen LogP contribution in [-0.4, -0.2) is 37.7 Å². The number of carbonyl (C=O) groups excluding carboxylic acids is 2. The Morgan fingerprint density at radius 3 is 2.66 bits per heavy atom. The van der Waals surface area contributed by atoms with E-state index in [1.54, 1.807) is 47.4 Å². The molecule has 1 heterocycles. The largest absolute Gasteiger partial charge is 0.490 e. The number of nitrogen functional groups attached to an aromatic ring is 1. The molecular formula is C30H32N4O4. The lowest BCUT2D eigenvalue weighted by Crippen LogP contribution is -2.38. The zero-order chi connectivity index (χ0) is 26.1. The molecule has 1 unspecified atom stereocenters. The summed E-state index contributed by atoms with van der Waals surface area (Å²) in [6.07, 6.45) is 3.49. The van der Waals surface area contributed by atoms with E-state index in [1.165, 1.54) is 24.8 Å². The molecule has 8 heteroatoms. The Balaban J connectivity index is 1.04. The van der Waals surface area contributed by atoms with Crippen LogP contribution in [0.2, 0.25) is 0 Å². The standard InChI is InChI=1S/C30H32N4O4/c31-24-3-1-2-4-25(24)33-29(35)22-11-12-27-28(15-22)37-14-13-34(27)30(36)38-18-20-7-9-21(10-8-20)23-16-26(23)32-17-19-5-6-19/h1-4,7-12,15,19,23,26,32H,5-6,13-14,16-18,31H2,(H,33,35)/t23?,26-/m0/s1. The number of hydrogen-bond donors (Lipinski definition) is 3. The first-order valence-electron chi connectivity index (χ1n) is 13.2. The van der Waals surface area contributed by atoms with Crippen LogP contribution in [0, 0.1) is 5.92 Å². The van der Waals surface area contributed by atoms with Gasteiger partial charge in [0.2, 0.25) is 0 Å². The number of amides is 2. The molecule has 0 spiro atoms. The Morgan fingerprint density at radius 1 is 1.05 bits per heavy atom. The van der Waals surface area contributed by atoms with Crippen molar-refractivity contribution in [3.63, 3.8) is 0 Å². The molecule has 0 radical (unpaired) electrons. The lowest BCUT2D eigenvalue weighted by atomic mass is 10.1. The highest BCUT2D eigenvalue weighted by atomic mass is 16.6. The van der Waals surface area contributed by atoms with Crippen molar-refractivity contribution in [2.24, 2.45) is 5.92 Å². The van der Waals surface area contributed by atoms with Gasteiger partial charge in [-0.25, -0.2) is 4.79 Å². The SMILES string of the molecule is Nc1ccccc1NC(=O)c1ccc2c(c1)OCCN2C(=O)OCc1ccc(C2C[C@@H]2NCC2CC2)cc1. The van der Waals surface area contributed by atoms with Crippen molar-refractivity contribution < 1.29 is 19.1 Å². The van der Waals surface area contributed by atoms with Gasteiger partial charge in [-0.05, 0) is 73.2 Å². The van der Waals surface area contributed by atoms with Crippen molar-refractivity contribution >= 4 is 29.1 Å². The third-order valence-electron chi connectivity index (χ3n) is 7.44. The fraction of sp³-hybridized carbons (Fsp3) is 0.333. The van der Waals surface area contributed by atoms with Gasteiger partial charge < -0.3 is 25.8 Å². The minimum Gasteiger partial charge on any atom is -0.490 e. The van der Waals surface area contributed by atoms with E-state index in [2.05, 4.69) is 22.8 Å². The summed E-state index contributed by atoms with van der Waals surface area (Å²) >= 11 is 0. The van der Waals surface area contributed by atoms with Crippen LogP contribution >= 0.6 is 0 Å². The number of rotatable bonds is 8. The van der Waals surface area contributed by atoms with Crippen LogP contribution in [0.15, 0.2) is 66.7 Å². The van der Waals surface area contributed by atoms with E-state index in [4.69, 9.17) is 15.2 Å². The van der Waals surface area contributed by atoms with Crippen molar-refractivity contribution in [1.29, 1.82) is 0 Å². The minimum absolute atomic E-state index is 0.193. The molecule has 196 valence electrons. The lowest BCUT2D eigenvalue weighted by Gasteiger charge is -2.29. The number of benzene rings is 3. The Labute approximate surface area is 222 Å². The van der Waals surface area contributed by atoms with E-state index in [1.807, 2.05) is 12.1 Å². The summed E-state index contributed by atoms with van der Waals surface area (Å²) < 4.78 is 11.4. The average molecular weight is 513 g/mol. The van der Waals surface area contributed by atoms with Crippen molar-refractivity contribution in [3.05, 3.63) is 83.4 Å². The number of hydrogen-bond acceptors (Lipinski definition) is 6. The second kappa shape index (κ2) is 10.4. The summed E-state index contributed by atoms with van der Waals surface area (Å²) in [5.74, 6) is 1.63. The zero-order valence-corrected chi connectivity index (χ0v) is 21.2. The molecule has 0 bridgehead atoms. The van der Waals surface area contributed by atoms with Crippen LogP contribution < -0.4 is 26.0 Å². The van der Waals surface area contributed by atoms with Crippen molar-refractivity contribution in [2.45, 2.75) is 37.8 Å². The van der Waals surface area contributed by atoms with Gasteiger partial charge in [0.25, 0.3) is 5.91 Å². The van der Waals surface area contributed by atoms with Gasteiger partial charge in [-0.2, -0.15) is 0 Å². The van der Waals surface area contributed by atoms with Crippen LogP contribution in [0.25, 0.3) is 0 Å². The number of anilines is 3. The van der Waals surface area contributed by atoms with Gasteiger partial charge in [0.05, 0.1) is 23.6 Å². The average Bonchev–Trinajstić information content (AvgIpc) is 3.87. The van der Waals surface area contributed by atoms with Crippen LogP contribution in [0.5, 0.6) is 5.75 Å². The third kappa shape index (κ3) is 5.45. The minimum atomic E-state index is -0.445. The predicted octanol–water partition coefficient (Wildman–Crippen LogP) is 4.91. The van der Waals surface area contributed by atoms with Crippen molar-refractivity contribution in [1.82, 2.24) is 5.32 Å².